The number of amidine groups is 1. The number of hydrogen-bond acceptors (Lipinski definition) is 3. The van der Waals surface area contributed by atoms with E-state index in [2.05, 4.69) is 18.8 Å². The highest BCUT2D eigenvalue weighted by molar-refractivity contribution is 8.14. The predicted molar refractivity (Wildman–Crippen MR) is 90.6 cm³/mol. The molecule has 0 bridgehead atoms. The van der Waals surface area contributed by atoms with Gasteiger partial charge in [0.15, 0.2) is 5.17 Å². The molecule has 2 aliphatic rings. The standard InChI is InChI=1S/C16H29N3OS/c1-12-7-6-8-13(2)19(12)15(20)11-21-16(17)18-14-9-4-3-5-10-14/h12-14H,3-11H2,1-2H3,(H2,17,18)/t12-,13-/m1/s1. The maximum absolute atomic E-state index is 12.4. The van der Waals surface area contributed by atoms with Crippen LogP contribution < -0.4 is 5.73 Å². The lowest BCUT2D eigenvalue weighted by Gasteiger charge is -2.39. The molecular formula is C16H29N3OS. The maximum Gasteiger partial charge on any atom is 0.233 e. The van der Waals surface area contributed by atoms with Crippen molar-refractivity contribution in [2.75, 3.05) is 5.75 Å². The minimum Gasteiger partial charge on any atom is -0.379 e. The van der Waals surface area contributed by atoms with Gasteiger partial charge in [-0.05, 0) is 46.0 Å². The summed E-state index contributed by atoms with van der Waals surface area (Å²) in [5.41, 5.74) is 5.99. The first-order valence-electron chi connectivity index (χ1n) is 8.35. The molecule has 1 amide bonds. The van der Waals surface area contributed by atoms with Crippen LogP contribution in [0.4, 0.5) is 0 Å². The van der Waals surface area contributed by atoms with Crippen molar-refractivity contribution < 1.29 is 4.79 Å². The number of nitrogens with two attached hydrogens (primary N) is 1. The number of likely N-dealkylation sites (tertiary alicyclic amines) is 1. The lowest BCUT2D eigenvalue weighted by Crippen LogP contribution is -2.48. The van der Waals surface area contributed by atoms with Crippen LogP contribution >= 0.6 is 11.8 Å². The first-order valence-corrected chi connectivity index (χ1v) is 9.33. The topological polar surface area (TPSA) is 58.7 Å². The van der Waals surface area contributed by atoms with Crippen LogP contribution in [0.1, 0.15) is 65.2 Å². The average molecular weight is 311 g/mol. The summed E-state index contributed by atoms with van der Waals surface area (Å²) in [7, 11) is 0. The highest BCUT2D eigenvalue weighted by Crippen LogP contribution is 2.24. The number of thioether (sulfide) groups is 1. The first kappa shape index (κ1) is 16.7. The molecule has 21 heavy (non-hydrogen) atoms. The van der Waals surface area contributed by atoms with Gasteiger partial charge >= 0.3 is 0 Å². The van der Waals surface area contributed by atoms with Crippen LogP contribution in [0, 0.1) is 0 Å². The minimum atomic E-state index is 0.210. The molecule has 0 unspecified atom stereocenters. The van der Waals surface area contributed by atoms with E-state index in [0.29, 0.717) is 29.0 Å². The number of hydrogen-bond donors (Lipinski definition) is 1. The molecule has 4 nitrogen and oxygen atoms in total. The second-order valence-electron chi connectivity index (χ2n) is 6.48. The normalized spacial score (nSPS) is 28.7. The Kier molecular flexibility index (Phi) is 6.40. The molecule has 0 aromatic heterocycles. The van der Waals surface area contributed by atoms with Crippen molar-refractivity contribution in [1.29, 1.82) is 0 Å². The van der Waals surface area contributed by atoms with E-state index in [1.807, 2.05) is 4.90 Å². The van der Waals surface area contributed by atoms with E-state index in [4.69, 9.17) is 5.73 Å². The third-order valence-electron chi connectivity index (χ3n) is 4.71. The fraction of sp³-hybridized carbons (Fsp3) is 0.875. The molecule has 0 aromatic rings. The number of nitrogens with zero attached hydrogens (tertiary/aromatic N) is 2. The molecule has 120 valence electrons. The van der Waals surface area contributed by atoms with Gasteiger partial charge in [-0.1, -0.05) is 31.0 Å². The van der Waals surface area contributed by atoms with Crippen molar-refractivity contribution in [2.45, 2.75) is 83.3 Å². The summed E-state index contributed by atoms with van der Waals surface area (Å²) >= 11 is 1.41. The Bertz CT molecular complexity index is 370. The number of piperidine rings is 1. The van der Waals surface area contributed by atoms with Crippen molar-refractivity contribution in [3.63, 3.8) is 0 Å². The summed E-state index contributed by atoms with van der Waals surface area (Å²) in [6.07, 6.45) is 9.60. The van der Waals surface area contributed by atoms with Crippen molar-refractivity contribution >= 4 is 22.8 Å². The van der Waals surface area contributed by atoms with Gasteiger partial charge in [0.2, 0.25) is 5.91 Å². The van der Waals surface area contributed by atoms with Crippen LogP contribution in [0.5, 0.6) is 0 Å². The first-order chi connectivity index (χ1) is 10.1. The molecule has 0 radical (unpaired) electrons. The molecule has 1 saturated carbocycles. The van der Waals surface area contributed by atoms with Gasteiger partial charge in [0.25, 0.3) is 0 Å². The van der Waals surface area contributed by atoms with Crippen molar-refractivity contribution in [1.82, 2.24) is 4.90 Å². The molecule has 1 aliphatic heterocycles. The number of aliphatic imine (C=N–C) groups is 1. The second kappa shape index (κ2) is 8.06. The van der Waals surface area contributed by atoms with E-state index in [1.54, 1.807) is 0 Å². The number of amides is 1. The molecule has 1 saturated heterocycles. The molecule has 2 fully saturated rings. The zero-order valence-corrected chi connectivity index (χ0v) is 14.2. The predicted octanol–water partition coefficient (Wildman–Crippen LogP) is 3.16. The lowest BCUT2D eigenvalue weighted by molar-refractivity contribution is -0.134. The van der Waals surface area contributed by atoms with Crippen LogP contribution in [0.15, 0.2) is 4.99 Å². The Hall–Kier alpha value is -0.710. The van der Waals surface area contributed by atoms with Crippen LogP contribution in [-0.2, 0) is 4.79 Å². The Morgan fingerprint density at radius 2 is 1.71 bits per heavy atom. The summed E-state index contributed by atoms with van der Waals surface area (Å²) in [5.74, 6) is 0.637. The van der Waals surface area contributed by atoms with Gasteiger partial charge in [0.1, 0.15) is 0 Å². The summed E-state index contributed by atoms with van der Waals surface area (Å²) in [5, 5.41) is 0.590. The minimum absolute atomic E-state index is 0.210. The van der Waals surface area contributed by atoms with E-state index in [0.717, 1.165) is 25.7 Å². The highest BCUT2D eigenvalue weighted by Gasteiger charge is 2.28. The van der Waals surface area contributed by atoms with Crippen molar-refractivity contribution in [3.8, 4) is 0 Å². The molecule has 0 spiro atoms. The molecule has 2 atom stereocenters. The van der Waals surface area contributed by atoms with Crippen LogP contribution in [-0.4, -0.2) is 39.9 Å². The van der Waals surface area contributed by atoms with Gasteiger partial charge in [-0.25, -0.2) is 0 Å². The molecule has 2 N–H and O–H groups in total. The van der Waals surface area contributed by atoms with E-state index in [1.165, 1.54) is 37.4 Å². The summed E-state index contributed by atoms with van der Waals surface area (Å²) in [6.45, 7) is 4.30. The largest absolute Gasteiger partial charge is 0.379 e. The Morgan fingerprint density at radius 3 is 2.33 bits per heavy atom. The van der Waals surface area contributed by atoms with Crippen LogP contribution in [0.3, 0.4) is 0 Å². The van der Waals surface area contributed by atoms with E-state index in [-0.39, 0.29) is 5.91 Å². The van der Waals surface area contributed by atoms with E-state index in [9.17, 15) is 4.79 Å². The van der Waals surface area contributed by atoms with E-state index >= 15 is 0 Å². The maximum atomic E-state index is 12.4. The fourth-order valence-electron chi connectivity index (χ4n) is 3.55. The van der Waals surface area contributed by atoms with Crippen molar-refractivity contribution in [3.05, 3.63) is 0 Å². The monoisotopic (exact) mass is 311 g/mol. The smallest absolute Gasteiger partial charge is 0.233 e. The SMILES string of the molecule is C[C@@H]1CCC[C@@H](C)N1C(=O)CSC(N)=NC1CCCCC1. The van der Waals surface area contributed by atoms with Gasteiger partial charge < -0.3 is 10.6 Å². The molecule has 5 heteroatoms. The highest BCUT2D eigenvalue weighted by atomic mass is 32.2. The third-order valence-corrected chi connectivity index (χ3v) is 5.50. The van der Waals surface area contributed by atoms with Gasteiger partial charge in [-0.3, -0.25) is 9.79 Å². The number of carbonyl (C=O) groups excluding carboxylic acids is 1. The fourth-order valence-corrected chi connectivity index (χ4v) is 4.19. The summed E-state index contributed by atoms with van der Waals surface area (Å²) < 4.78 is 0. The van der Waals surface area contributed by atoms with Gasteiger partial charge in [-0.15, -0.1) is 0 Å². The second-order valence-corrected chi connectivity index (χ2v) is 7.47. The van der Waals surface area contributed by atoms with E-state index < -0.39 is 0 Å². The molecule has 0 aromatic carbocycles. The quantitative estimate of drug-likeness (QED) is 0.643. The summed E-state index contributed by atoms with van der Waals surface area (Å²) in [4.78, 5) is 19.0. The Morgan fingerprint density at radius 1 is 1.10 bits per heavy atom. The Balaban J connectivity index is 1.80. The summed E-state index contributed by atoms with van der Waals surface area (Å²) in [6, 6.07) is 1.10. The lowest BCUT2D eigenvalue weighted by atomic mass is 9.96. The van der Waals surface area contributed by atoms with Crippen molar-refractivity contribution in [2.24, 2.45) is 10.7 Å². The van der Waals surface area contributed by atoms with Gasteiger partial charge in [0, 0.05) is 12.1 Å². The number of rotatable bonds is 3. The molecular weight excluding hydrogens is 282 g/mol. The molecule has 1 aliphatic carbocycles. The zero-order valence-electron chi connectivity index (χ0n) is 13.4. The van der Waals surface area contributed by atoms with Crippen LogP contribution in [0.25, 0.3) is 0 Å². The number of carbonyl (C=O) groups is 1. The molecule has 2 rings (SSSR count). The third kappa shape index (κ3) is 4.90. The average Bonchev–Trinajstić information content (AvgIpc) is 2.46. The Labute approximate surface area is 132 Å². The van der Waals surface area contributed by atoms with Crippen LogP contribution in [0.2, 0.25) is 0 Å². The molecule has 1 heterocycles. The van der Waals surface area contributed by atoms with Gasteiger partial charge in [-0.2, -0.15) is 0 Å². The zero-order chi connectivity index (χ0) is 15.2. The van der Waals surface area contributed by atoms with Gasteiger partial charge in [0.05, 0.1) is 11.8 Å².